The molecule has 0 spiro atoms. The Hall–Kier alpha value is -1.06. The molecule has 1 aromatic carbocycles. The van der Waals surface area contributed by atoms with Crippen molar-refractivity contribution in [3.8, 4) is 0 Å². The topological polar surface area (TPSA) is 32.3 Å². The van der Waals surface area contributed by atoms with Gasteiger partial charge in [-0.05, 0) is 19.5 Å². The summed E-state index contributed by atoms with van der Waals surface area (Å²) in [6, 6.07) is 10.0. The van der Waals surface area contributed by atoms with E-state index >= 15 is 0 Å². The first-order valence-electron chi connectivity index (χ1n) is 5.24. The molecule has 0 heterocycles. The maximum atomic E-state index is 11.6. The van der Waals surface area contributed by atoms with Gasteiger partial charge in [0, 0.05) is 13.1 Å². The molecule has 1 aromatic rings. The molecule has 0 aliphatic heterocycles. The summed E-state index contributed by atoms with van der Waals surface area (Å²) in [4.78, 5) is 13.5. The van der Waals surface area contributed by atoms with Crippen molar-refractivity contribution in [3.63, 3.8) is 0 Å². The summed E-state index contributed by atoms with van der Waals surface area (Å²) in [5, 5.41) is 2.88. The average Bonchev–Trinajstić information content (AvgIpc) is 2.27. The van der Waals surface area contributed by atoms with Crippen LogP contribution in [0.4, 0.5) is 0 Å². The fourth-order valence-corrected chi connectivity index (χ4v) is 1.44. The van der Waals surface area contributed by atoms with Crippen molar-refractivity contribution < 1.29 is 4.79 Å². The molecule has 4 heteroatoms. The monoisotopic (exact) mass is 242 g/mol. The maximum Gasteiger partial charge on any atom is 0.236 e. The van der Waals surface area contributed by atoms with Crippen molar-refractivity contribution in [2.75, 3.05) is 20.1 Å². The van der Waals surface area contributed by atoms with Gasteiger partial charge < -0.3 is 10.2 Å². The van der Waals surface area contributed by atoms with Crippen molar-refractivity contribution in [1.29, 1.82) is 0 Å². The molecular formula is C12H19ClN2O. The van der Waals surface area contributed by atoms with Gasteiger partial charge in [0.05, 0.1) is 6.54 Å². The minimum atomic E-state index is 0. The van der Waals surface area contributed by atoms with Gasteiger partial charge >= 0.3 is 0 Å². The Morgan fingerprint density at radius 2 is 1.94 bits per heavy atom. The smallest absolute Gasteiger partial charge is 0.236 e. The van der Waals surface area contributed by atoms with E-state index in [9.17, 15) is 4.79 Å². The Balaban J connectivity index is 0.00000225. The number of hydrogen-bond donors (Lipinski definition) is 1. The van der Waals surface area contributed by atoms with Crippen LogP contribution in [0.3, 0.4) is 0 Å². The summed E-state index contributed by atoms with van der Waals surface area (Å²) in [5.74, 6) is 0.142. The average molecular weight is 243 g/mol. The second kappa shape index (κ2) is 8.13. The van der Waals surface area contributed by atoms with Gasteiger partial charge in [-0.3, -0.25) is 4.79 Å². The lowest BCUT2D eigenvalue weighted by Crippen LogP contribution is -2.36. The van der Waals surface area contributed by atoms with E-state index in [1.54, 1.807) is 7.05 Å². The number of halogens is 1. The van der Waals surface area contributed by atoms with Crippen molar-refractivity contribution >= 4 is 18.3 Å². The number of hydrogen-bond acceptors (Lipinski definition) is 2. The van der Waals surface area contributed by atoms with Gasteiger partial charge in [-0.2, -0.15) is 0 Å². The fraction of sp³-hybridized carbons (Fsp3) is 0.417. The SMILES string of the molecule is CCN(Cc1ccccc1)C(=O)CNC.Cl. The zero-order valence-corrected chi connectivity index (χ0v) is 10.6. The zero-order chi connectivity index (χ0) is 11.1. The predicted octanol–water partition coefficient (Wildman–Crippen LogP) is 1.68. The van der Waals surface area contributed by atoms with Gasteiger partial charge in [-0.1, -0.05) is 30.3 Å². The van der Waals surface area contributed by atoms with Crippen LogP contribution in [0.25, 0.3) is 0 Å². The number of rotatable bonds is 5. The van der Waals surface area contributed by atoms with E-state index in [1.807, 2.05) is 42.2 Å². The Morgan fingerprint density at radius 3 is 2.44 bits per heavy atom. The lowest BCUT2D eigenvalue weighted by Gasteiger charge is -2.20. The Labute approximate surface area is 103 Å². The molecule has 3 nitrogen and oxygen atoms in total. The van der Waals surface area contributed by atoms with Crippen LogP contribution in [0.5, 0.6) is 0 Å². The number of carbonyl (C=O) groups excluding carboxylic acids is 1. The molecule has 1 amide bonds. The second-order valence-electron chi connectivity index (χ2n) is 3.42. The van der Waals surface area contributed by atoms with Gasteiger partial charge in [0.1, 0.15) is 0 Å². The number of carbonyl (C=O) groups is 1. The van der Waals surface area contributed by atoms with Crippen molar-refractivity contribution in [2.24, 2.45) is 0 Å². The molecule has 0 fully saturated rings. The van der Waals surface area contributed by atoms with E-state index in [-0.39, 0.29) is 18.3 Å². The molecule has 0 aliphatic rings. The molecule has 1 N–H and O–H groups in total. The summed E-state index contributed by atoms with van der Waals surface area (Å²) in [7, 11) is 1.79. The molecule has 0 radical (unpaired) electrons. The van der Waals surface area contributed by atoms with Crippen LogP contribution >= 0.6 is 12.4 Å². The van der Waals surface area contributed by atoms with Crippen LogP contribution in [0.1, 0.15) is 12.5 Å². The molecular weight excluding hydrogens is 224 g/mol. The molecule has 0 saturated heterocycles. The predicted molar refractivity (Wildman–Crippen MR) is 68.7 cm³/mol. The molecule has 16 heavy (non-hydrogen) atoms. The van der Waals surface area contributed by atoms with Gasteiger partial charge in [-0.15, -0.1) is 12.4 Å². The van der Waals surface area contributed by atoms with Crippen LogP contribution in [0.15, 0.2) is 30.3 Å². The minimum absolute atomic E-state index is 0. The first-order chi connectivity index (χ1) is 7.27. The van der Waals surface area contributed by atoms with E-state index in [2.05, 4.69) is 5.32 Å². The lowest BCUT2D eigenvalue weighted by molar-refractivity contribution is -0.130. The quantitative estimate of drug-likeness (QED) is 0.852. The van der Waals surface area contributed by atoms with E-state index in [0.717, 1.165) is 6.54 Å². The highest BCUT2D eigenvalue weighted by Gasteiger charge is 2.10. The normalized spacial score (nSPS) is 9.38. The van der Waals surface area contributed by atoms with Crippen LogP contribution in [-0.2, 0) is 11.3 Å². The molecule has 0 atom stereocenters. The Bertz CT molecular complexity index is 303. The highest BCUT2D eigenvalue weighted by Crippen LogP contribution is 2.03. The van der Waals surface area contributed by atoms with Crippen molar-refractivity contribution in [2.45, 2.75) is 13.5 Å². The van der Waals surface area contributed by atoms with Crippen LogP contribution in [-0.4, -0.2) is 30.9 Å². The number of nitrogens with zero attached hydrogens (tertiary/aromatic N) is 1. The summed E-state index contributed by atoms with van der Waals surface area (Å²) < 4.78 is 0. The first kappa shape index (κ1) is 14.9. The second-order valence-corrected chi connectivity index (χ2v) is 3.42. The molecule has 1 rings (SSSR count). The maximum absolute atomic E-state index is 11.6. The van der Waals surface area contributed by atoms with Crippen LogP contribution < -0.4 is 5.32 Å². The van der Waals surface area contributed by atoms with E-state index in [1.165, 1.54) is 5.56 Å². The van der Waals surface area contributed by atoms with E-state index < -0.39 is 0 Å². The molecule has 0 unspecified atom stereocenters. The summed E-state index contributed by atoms with van der Waals surface area (Å²) >= 11 is 0. The first-order valence-corrected chi connectivity index (χ1v) is 5.24. The summed E-state index contributed by atoms with van der Waals surface area (Å²) in [6.45, 7) is 3.84. The molecule has 90 valence electrons. The zero-order valence-electron chi connectivity index (χ0n) is 9.77. The molecule has 0 saturated carbocycles. The molecule has 0 aromatic heterocycles. The molecule has 0 bridgehead atoms. The third kappa shape index (κ3) is 4.64. The number of benzene rings is 1. The highest BCUT2D eigenvalue weighted by molar-refractivity contribution is 5.85. The van der Waals surface area contributed by atoms with Gasteiger partial charge in [0.2, 0.25) is 5.91 Å². The van der Waals surface area contributed by atoms with Crippen molar-refractivity contribution in [3.05, 3.63) is 35.9 Å². The summed E-state index contributed by atoms with van der Waals surface area (Å²) in [5.41, 5.74) is 1.17. The minimum Gasteiger partial charge on any atom is -0.338 e. The van der Waals surface area contributed by atoms with Crippen LogP contribution in [0, 0.1) is 0 Å². The number of likely N-dealkylation sites (N-methyl/N-ethyl adjacent to an activating group) is 2. The van der Waals surface area contributed by atoms with Crippen LogP contribution in [0.2, 0.25) is 0 Å². The van der Waals surface area contributed by atoms with E-state index in [4.69, 9.17) is 0 Å². The molecule has 0 aliphatic carbocycles. The van der Waals surface area contributed by atoms with Gasteiger partial charge in [-0.25, -0.2) is 0 Å². The third-order valence-corrected chi connectivity index (χ3v) is 2.28. The summed E-state index contributed by atoms with van der Waals surface area (Å²) in [6.07, 6.45) is 0. The largest absolute Gasteiger partial charge is 0.338 e. The highest BCUT2D eigenvalue weighted by atomic mass is 35.5. The Morgan fingerprint density at radius 1 is 1.31 bits per heavy atom. The van der Waals surface area contributed by atoms with E-state index in [0.29, 0.717) is 13.1 Å². The lowest BCUT2D eigenvalue weighted by atomic mass is 10.2. The number of amides is 1. The Kier molecular flexibility index (Phi) is 7.60. The fourth-order valence-electron chi connectivity index (χ4n) is 1.44. The number of nitrogens with one attached hydrogen (secondary N) is 1. The van der Waals surface area contributed by atoms with Gasteiger partial charge in [0.15, 0.2) is 0 Å². The van der Waals surface area contributed by atoms with Crippen molar-refractivity contribution in [1.82, 2.24) is 10.2 Å². The van der Waals surface area contributed by atoms with Gasteiger partial charge in [0.25, 0.3) is 0 Å². The third-order valence-electron chi connectivity index (χ3n) is 2.28. The standard InChI is InChI=1S/C12H18N2O.ClH/c1-3-14(12(15)9-13-2)10-11-7-5-4-6-8-11;/h4-8,13H,3,9-10H2,1-2H3;1H.